The monoisotopic (exact) mass is 425 g/mol. The van der Waals surface area contributed by atoms with E-state index in [2.05, 4.69) is 10.6 Å². The number of amides is 1. The van der Waals surface area contributed by atoms with Gasteiger partial charge in [0.15, 0.2) is 0 Å². The summed E-state index contributed by atoms with van der Waals surface area (Å²) in [6.07, 6.45) is -0.159. The van der Waals surface area contributed by atoms with Gasteiger partial charge in [-0.15, -0.1) is 0 Å². The molecule has 1 amide bonds. The quantitative estimate of drug-likeness (QED) is 0.765. The summed E-state index contributed by atoms with van der Waals surface area (Å²) in [5.41, 5.74) is 4.60. The van der Waals surface area contributed by atoms with Crippen LogP contribution in [0.2, 0.25) is 0 Å². The van der Waals surface area contributed by atoms with Crippen molar-refractivity contribution in [1.29, 1.82) is 0 Å². The highest BCUT2D eigenvalue weighted by Crippen LogP contribution is 2.34. The Morgan fingerprint density at radius 3 is 2.61 bits per heavy atom. The summed E-state index contributed by atoms with van der Waals surface area (Å²) in [4.78, 5) is 20.3. The molecule has 3 atom stereocenters. The Balaban J connectivity index is 1.61. The number of benzene rings is 1. The number of nitrogens with zero attached hydrogens (tertiary/aromatic N) is 4. The number of carbonyl (C=O) groups is 1. The third-order valence-corrected chi connectivity index (χ3v) is 5.95. The van der Waals surface area contributed by atoms with Crippen LogP contribution in [0.25, 0.3) is 0 Å². The molecule has 0 spiro atoms. The summed E-state index contributed by atoms with van der Waals surface area (Å²) < 4.78 is 5.45. The molecule has 0 aliphatic carbocycles. The lowest BCUT2D eigenvalue weighted by atomic mass is 9.91. The Kier molecular flexibility index (Phi) is 5.51. The third kappa shape index (κ3) is 4.04. The van der Waals surface area contributed by atoms with Crippen LogP contribution in [0.3, 0.4) is 0 Å². The smallest absolute Gasteiger partial charge is 0.234 e. The maximum atomic E-state index is 13.7. The lowest BCUT2D eigenvalue weighted by Crippen LogP contribution is -2.52. The van der Waals surface area contributed by atoms with Crippen LogP contribution in [0.1, 0.15) is 51.5 Å². The van der Waals surface area contributed by atoms with E-state index in [0.717, 1.165) is 11.4 Å². The van der Waals surface area contributed by atoms with Crippen molar-refractivity contribution in [3.05, 3.63) is 47.9 Å². The molecule has 2 aliphatic rings. The standard InChI is InChI=1S/C23H31N5O3/c1-14(2)20(19-11-15(3)26-31-19)22(30)27-13-17(29)12-18(27)21-24-23(4,5)28(25-21)16-9-7-6-8-10-16/h6-11,14,17-18,20,29H,12-13H2,1-5H3,(H,24,25). The number of aliphatic hydroxyl groups is 1. The number of likely N-dealkylation sites (tertiary alicyclic amines) is 1. The highest BCUT2D eigenvalue weighted by Gasteiger charge is 2.46. The van der Waals surface area contributed by atoms with E-state index in [0.29, 0.717) is 18.0 Å². The highest BCUT2D eigenvalue weighted by atomic mass is 16.5. The number of hydrazine groups is 1. The number of hydrogen-bond donors (Lipinski definition) is 2. The molecule has 0 saturated carbocycles. The first kappa shape index (κ1) is 21.4. The Labute approximate surface area is 182 Å². The molecule has 3 unspecified atom stereocenters. The number of β-amino-alcohol motifs (C(OH)–C–C–N with tert-alkyl or cyclic N) is 1. The average Bonchev–Trinajstić information content (AvgIpc) is 3.39. The summed E-state index contributed by atoms with van der Waals surface area (Å²) in [7, 11) is 0. The van der Waals surface area contributed by atoms with Gasteiger partial charge in [-0.3, -0.25) is 15.2 Å². The van der Waals surface area contributed by atoms with Crippen LogP contribution in [0.15, 0.2) is 45.9 Å². The molecule has 1 aromatic carbocycles. The predicted octanol–water partition coefficient (Wildman–Crippen LogP) is 2.84. The van der Waals surface area contributed by atoms with Gasteiger partial charge in [-0.2, -0.15) is 0 Å². The van der Waals surface area contributed by atoms with Crippen LogP contribution < -0.4 is 10.4 Å². The normalized spacial score (nSPS) is 23.8. The average molecular weight is 426 g/mol. The van der Waals surface area contributed by atoms with E-state index in [-0.39, 0.29) is 24.4 Å². The number of para-hydroxylation sites is 1. The van der Waals surface area contributed by atoms with Crippen LogP contribution in [0.4, 0.5) is 5.69 Å². The van der Waals surface area contributed by atoms with Crippen molar-refractivity contribution in [2.75, 3.05) is 11.6 Å². The molecule has 0 radical (unpaired) electrons. The molecule has 8 nitrogen and oxygen atoms in total. The third-order valence-electron chi connectivity index (χ3n) is 5.95. The van der Waals surface area contributed by atoms with Gasteiger partial charge in [0.25, 0.3) is 0 Å². The molecule has 31 heavy (non-hydrogen) atoms. The predicted molar refractivity (Wildman–Crippen MR) is 119 cm³/mol. The van der Waals surface area contributed by atoms with Crippen molar-refractivity contribution in [3.63, 3.8) is 0 Å². The summed E-state index contributed by atoms with van der Waals surface area (Å²) in [6.45, 7) is 10.1. The fourth-order valence-electron chi connectivity index (χ4n) is 4.49. The Hall–Kier alpha value is -2.87. The highest BCUT2D eigenvalue weighted by molar-refractivity contribution is 5.96. The molecule has 2 aliphatic heterocycles. The zero-order chi connectivity index (χ0) is 22.3. The first-order chi connectivity index (χ1) is 14.7. The van der Waals surface area contributed by atoms with Crippen LogP contribution in [-0.4, -0.2) is 51.3 Å². The summed E-state index contributed by atoms with van der Waals surface area (Å²) in [5.74, 6) is 0.733. The van der Waals surface area contributed by atoms with Crippen molar-refractivity contribution in [1.82, 2.24) is 15.5 Å². The SMILES string of the molecule is Cc1cc(C(C(=O)N2CC(O)CC2C2=NC(C)(C)N(c3ccccc3)N2)C(C)C)on1. The van der Waals surface area contributed by atoms with E-state index in [1.807, 2.05) is 76.0 Å². The zero-order valence-electron chi connectivity index (χ0n) is 18.7. The van der Waals surface area contributed by atoms with E-state index < -0.39 is 17.7 Å². The fraction of sp³-hybridized carbons (Fsp3) is 0.522. The topological polar surface area (TPSA) is 94.2 Å². The van der Waals surface area contributed by atoms with Gasteiger partial charge in [0.2, 0.25) is 5.91 Å². The lowest BCUT2D eigenvalue weighted by molar-refractivity contribution is -0.134. The largest absolute Gasteiger partial charge is 0.391 e. The van der Waals surface area contributed by atoms with Crippen molar-refractivity contribution in [2.24, 2.45) is 10.9 Å². The van der Waals surface area contributed by atoms with Gasteiger partial charge in [-0.05, 0) is 38.8 Å². The van der Waals surface area contributed by atoms with Gasteiger partial charge in [-0.25, -0.2) is 4.99 Å². The molecule has 8 heteroatoms. The van der Waals surface area contributed by atoms with E-state index in [4.69, 9.17) is 9.52 Å². The molecule has 1 saturated heterocycles. The number of aliphatic imine (C=N–C) groups is 1. The minimum Gasteiger partial charge on any atom is -0.391 e. The second-order valence-corrected chi connectivity index (χ2v) is 9.26. The second-order valence-electron chi connectivity index (χ2n) is 9.26. The fourth-order valence-corrected chi connectivity index (χ4v) is 4.49. The van der Waals surface area contributed by atoms with Gasteiger partial charge in [-0.1, -0.05) is 37.2 Å². The molecule has 1 aromatic heterocycles. The molecular weight excluding hydrogens is 394 g/mol. The molecule has 4 rings (SSSR count). The van der Waals surface area contributed by atoms with Crippen molar-refractivity contribution >= 4 is 17.4 Å². The molecule has 166 valence electrons. The molecule has 2 aromatic rings. The van der Waals surface area contributed by atoms with Crippen molar-refractivity contribution in [3.8, 4) is 0 Å². The number of carbonyl (C=O) groups excluding carboxylic acids is 1. The first-order valence-corrected chi connectivity index (χ1v) is 10.8. The van der Waals surface area contributed by atoms with Gasteiger partial charge in [0.05, 0.1) is 23.5 Å². The van der Waals surface area contributed by atoms with Crippen LogP contribution in [0.5, 0.6) is 0 Å². The molecular formula is C23H31N5O3. The van der Waals surface area contributed by atoms with E-state index >= 15 is 0 Å². The maximum Gasteiger partial charge on any atom is 0.234 e. The van der Waals surface area contributed by atoms with Crippen LogP contribution >= 0.6 is 0 Å². The zero-order valence-corrected chi connectivity index (χ0v) is 18.7. The summed E-state index contributed by atoms with van der Waals surface area (Å²) >= 11 is 0. The number of amidine groups is 1. The summed E-state index contributed by atoms with van der Waals surface area (Å²) in [6, 6.07) is 11.4. The molecule has 1 fully saturated rings. The molecule has 3 heterocycles. The number of anilines is 1. The lowest BCUT2D eigenvalue weighted by Gasteiger charge is -2.32. The van der Waals surface area contributed by atoms with Gasteiger partial charge < -0.3 is 14.5 Å². The van der Waals surface area contributed by atoms with E-state index in [1.165, 1.54) is 0 Å². The second kappa shape index (κ2) is 8.00. The van der Waals surface area contributed by atoms with Gasteiger partial charge in [0, 0.05) is 19.0 Å². The Morgan fingerprint density at radius 1 is 1.29 bits per heavy atom. The Bertz CT molecular complexity index is 969. The van der Waals surface area contributed by atoms with E-state index in [1.54, 1.807) is 4.90 Å². The number of aromatic nitrogens is 1. The van der Waals surface area contributed by atoms with Crippen molar-refractivity contribution < 1.29 is 14.4 Å². The number of rotatable bonds is 5. The first-order valence-electron chi connectivity index (χ1n) is 10.8. The minimum absolute atomic E-state index is 0.0222. The van der Waals surface area contributed by atoms with Crippen molar-refractivity contribution in [2.45, 2.75) is 64.8 Å². The van der Waals surface area contributed by atoms with Gasteiger partial charge >= 0.3 is 0 Å². The van der Waals surface area contributed by atoms with Crippen LogP contribution in [0, 0.1) is 12.8 Å². The minimum atomic E-state index is -0.600. The number of aliphatic hydroxyl groups excluding tert-OH is 1. The Morgan fingerprint density at radius 2 is 2.00 bits per heavy atom. The number of aryl methyl sites for hydroxylation is 1. The number of hydrogen-bond acceptors (Lipinski definition) is 7. The summed E-state index contributed by atoms with van der Waals surface area (Å²) in [5, 5.41) is 16.4. The molecule has 0 bridgehead atoms. The maximum absolute atomic E-state index is 13.7. The van der Waals surface area contributed by atoms with E-state index in [9.17, 15) is 9.90 Å². The molecule has 2 N–H and O–H groups in total. The number of nitrogens with one attached hydrogen (secondary N) is 1. The van der Waals surface area contributed by atoms with Crippen LogP contribution in [-0.2, 0) is 4.79 Å². The van der Waals surface area contributed by atoms with Gasteiger partial charge in [0.1, 0.15) is 23.2 Å².